The molecule has 5 N–H and O–H groups in total. The van der Waals surface area contributed by atoms with Crippen LogP contribution in [-0.4, -0.2) is 70.1 Å². The van der Waals surface area contributed by atoms with Crippen LogP contribution >= 0.6 is 0 Å². The van der Waals surface area contributed by atoms with Gasteiger partial charge < -0.3 is 29.9 Å². The summed E-state index contributed by atoms with van der Waals surface area (Å²) < 4.78 is 66.9. The zero-order valence-electron chi connectivity index (χ0n) is 25.9. The lowest BCUT2D eigenvalue weighted by atomic mass is 9.99. The molecular weight excluding hydrogens is 657 g/mol. The van der Waals surface area contributed by atoms with E-state index in [2.05, 4.69) is 15.0 Å². The second-order valence-corrected chi connectivity index (χ2v) is 12.8. The van der Waals surface area contributed by atoms with Gasteiger partial charge in [0.1, 0.15) is 5.75 Å². The molecule has 0 radical (unpaired) electrons. The number of aliphatic hydroxyl groups excluding tert-OH is 1. The van der Waals surface area contributed by atoms with Crippen molar-refractivity contribution in [3.8, 4) is 17.0 Å². The molecule has 0 bridgehead atoms. The summed E-state index contributed by atoms with van der Waals surface area (Å²) in [5, 5.41) is 30.2. The van der Waals surface area contributed by atoms with E-state index >= 15 is 0 Å². The average Bonchev–Trinajstić information content (AvgIpc) is 3.52. The van der Waals surface area contributed by atoms with E-state index in [9.17, 15) is 31.5 Å². The maximum absolute atomic E-state index is 12.7. The normalized spacial score (nSPS) is 12.4. The van der Waals surface area contributed by atoms with Crippen molar-refractivity contribution in [2.24, 2.45) is 0 Å². The number of aliphatic hydroxyl groups is 1. The summed E-state index contributed by atoms with van der Waals surface area (Å²) in [6, 6.07) is 22.0. The first-order valence-corrected chi connectivity index (χ1v) is 15.8. The monoisotopic (exact) mass is 692 g/mol. The average molecular weight is 693 g/mol. The number of ether oxygens (including phenoxy) is 1. The number of hydrogen-bond donors (Lipinski definition) is 5. The van der Waals surface area contributed by atoms with Crippen LogP contribution in [0.1, 0.15) is 31.9 Å². The molecule has 0 amide bonds. The number of halogens is 3. The van der Waals surface area contributed by atoms with E-state index in [0.717, 1.165) is 17.7 Å². The molecule has 16 heteroatoms. The standard InChI is InChI=1S/C30H34N4O6S.C2HF3O2/c1-30(2,14-15-34-19-27(31-21-34)22-8-7-11-25(17-22)40-20-29(36)37)32-18-28(35)23-9-6-10-24(16-23)33-41(38,39)26-12-4-3-5-13-26;3-2(4,5)1(6)7/h3-13,16-17,19,21,28,32-33,35H,14-15,18,20H2,1-2H3,(H,36,37);(H,6,7). The topological polar surface area (TPSA) is 180 Å². The van der Waals surface area contributed by atoms with Crippen LogP contribution in [0.4, 0.5) is 18.9 Å². The van der Waals surface area contributed by atoms with Crippen molar-refractivity contribution in [2.75, 3.05) is 17.9 Å². The highest BCUT2D eigenvalue weighted by molar-refractivity contribution is 7.92. The molecule has 0 aliphatic carbocycles. The van der Waals surface area contributed by atoms with Gasteiger partial charge in [0.2, 0.25) is 0 Å². The number of carbonyl (C=O) groups is 2. The minimum atomic E-state index is -5.08. The third-order valence-electron chi connectivity index (χ3n) is 6.71. The molecule has 12 nitrogen and oxygen atoms in total. The SMILES string of the molecule is CC(C)(CCn1cnc(-c2cccc(OCC(=O)O)c2)c1)NCC(O)c1cccc(NS(=O)(=O)c2ccccc2)c1.O=C(O)C(F)(F)F. The Morgan fingerprint density at radius 1 is 0.979 bits per heavy atom. The highest BCUT2D eigenvalue weighted by Gasteiger charge is 2.38. The van der Waals surface area contributed by atoms with Crippen molar-refractivity contribution in [1.29, 1.82) is 0 Å². The predicted molar refractivity (Wildman–Crippen MR) is 170 cm³/mol. The molecular formula is C32H35F3N4O8S. The number of alkyl halides is 3. The summed E-state index contributed by atoms with van der Waals surface area (Å²) >= 11 is 0. The van der Waals surface area contributed by atoms with Gasteiger partial charge in [-0.05, 0) is 62.2 Å². The number of β-amino-alcohol motifs (C(OH)–C–C–N with tert-alkyl or cyclic N) is 1. The first-order chi connectivity index (χ1) is 22.4. The molecule has 1 aromatic heterocycles. The summed E-state index contributed by atoms with van der Waals surface area (Å²) in [6.07, 6.45) is -1.52. The van der Waals surface area contributed by atoms with Crippen LogP contribution in [0.15, 0.2) is 96.3 Å². The van der Waals surface area contributed by atoms with Crippen molar-refractivity contribution in [1.82, 2.24) is 14.9 Å². The van der Waals surface area contributed by atoms with Gasteiger partial charge in [-0.25, -0.2) is 23.0 Å². The molecule has 48 heavy (non-hydrogen) atoms. The lowest BCUT2D eigenvalue weighted by molar-refractivity contribution is -0.192. The highest BCUT2D eigenvalue weighted by Crippen LogP contribution is 2.24. The molecule has 1 heterocycles. The van der Waals surface area contributed by atoms with Crippen molar-refractivity contribution in [3.63, 3.8) is 0 Å². The van der Waals surface area contributed by atoms with E-state index in [1.54, 1.807) is 67.0 Å². The van der Waals surface area contributed by atoms with E-state index in [-0.39, 0.29) is 17.0 Å². The van der Waals surface area contributed by atoms with Crippen LogP contribution in [-0.2, 0) is 26.2 Å². The minimum Gasteiger partial charge on any atom is -0.482 e. The molecule has 258 valence electrons. The fourth-order valence-electron chi connectivity index (χ4n) is 4.13. The number of aromatic nitrogens is 2. The van der Waals surface area contributed by atoms with Crippen molar-refractivity contribution < 1.29 is 51.2 Å². The van der Waals surface area contributed by atoms with Crippen LogP contribution < -0.4 is 14.8 Å². The van der Waals surface area contributed by atoms with E-state index in [0.29, 0.717) is 23.5 Å². The van der Waals surface area contributed by atoms with Gasteiger partial charge in [0.05, 0.1) is 23.0 Å². The third kappa shape index (κ3) is 12.0. The maximum atomic E-state index is 12.7. The summed E-state index contributed by atoms with van der Waals surface area (Å²) in [5.41, 5.74) is 2.22. The number of nitrogens with zero attached hydrogens (tertiary/aromatic N) is 2. The van der Waals surface area contributed by atoms with Crippen LogP contribution in [0.2, 0.25) is 0 Å². The van der Waals surface area contributed by atoms with Crippen molar-refractivity contribution in [3.05, 3.63) is 97.0 Å². The number of aryl methyl sites for hydroxylation is 1. The van der Waals surface area contributed by atoms with E-state index in [1.165, 1.54) is 12.1 Å². The van der Waals surface area contributed by atoms with E-state index in [4.69, 9.17) is 19.7 Å². The van der Waals surface area contributed by atoms with E-state index < -0.39 is 40.8 Å². The Bertz CT molecular complexity index is 1780. The molecule has 4 aromatic rings. The number of benzene rings is 3. The van der Waals surface area contributed by atoms with Crippen LogP contribution in [0.3, 0.4) is 0 Å². The maximum Gasteiger partial charge on any atom is 0.490 e. The minimum absolute atomic E-state index is 0.164. The quantitative estimate of drug-likeness (QED) is 0.122. The van der Waals surface area contributed by atoms with Gasteiger partial charge in [0.15, 0.2) is 6.61 Å². The smallest absolute Gasteiger partial charge is 0.482 e. The molecule has 0 saturated carbocycles. The number of imidazole rings is 1. The lowest BCUT2D eigenvalue weighted by Gasteiger charge is -2.28. The van der Waals surface area contributed by atoms with Gasteiger partial charge in [-0.2, -0.15) is 13.2 Å². The Morgan fingerprint density at radius 3 is 2.29 bits per heavy atom. The van der Waals surface area contributed by atoms with Gasteiger partial charge in [-0.3, -0.25) is 4.72 Å². The molecule has 0 aliphatic heterocycles. The lowest BCUT2D eigenvalue weighted by Crippen LogP contribution is -2.42. The van der Waals surface area contributed by atoms with Gasteiger partial charge in [-0.1, -0.05) is 42.5 Å². The third-order valence-corrected chi connectivity index (χ3v) is 8.11. The number of hydrogen-bond acceptors (Lipinski definition) is 8. The zero-order valence-corrected chi connectivity index (χ0v) is 26.7. The van der Waals surface area contributed by atoms with Gasteiger partial charge in [0.25, 0.3) is 10.0 Å². The number of carboxylic acids is 2. The number of aliphatic carboxylic acids is 2. The summed E-state index contributed by atoms with van der Waals surface area (Å²) in [7, 11) is -3.73. The summed E-state index contributed by atoms with van der Waals surface area (Å²) in [6.45, 7) is 4.64. The predicted octanol–water partition coefficient (Wildman–Crippen LogP) is 4.94. The van der Waals surface area contributed by atoms with Crippen molar-refractivity contribution in [2.45, 2.75) is 49.5 Å². The number of sulfonamides is 1. The van der Waals surface area contributed by atoms with Gasteiger partial charge in [-0.15, -0.1) is 0 Å². The summed E-state index contributed by atoms with van der Waals surface area (Å²) in [4.78, 5) is 24.3. The molecule has 4 rings (SSSR count). The Kier molecular flexibility index (Phi) is 12.7. The van der Waals surface area contributed by atoms with Crippen LogP contribution in [0.25, 0.3) is 11.3 Å². The molecule has 0 aliphatic rings. The second kappa shape index (κ2) is 16.3. The van der Waals surface area contributed by atoms with Crippen LogP contribution in [0.5, 0.6) is 5.75 Å². The largest absolute Gasteiger partial charge is 0.490 e. The molecule has 0 saturated heterocycles. The van der Waals surface area contributed by atoms with Gasteiger partial charge >= 0.3 is 18.1 Å². The second-order valence-electron chi connectivity index (χ2n) is 11.1. The molecule has 3 aromatic carbocycles. The number of anilines is 1. The first-order valence-electron chi connectivity index (χ1n) is 14.3. The van der Waals surface area contributed by atoms with E-state index in [1.807, 2.05) is 30.7 Å². The number of nitrogens with one attached hydrogen (secondary N) is 2. The Hall–Kier alpha value is -4.93. The first kappa shape index (κ1) is 37.5. The fourth-order valence-corrected chi connectivity index (χ4v) is 5.20. The molecule has 1 atom stereocenters. The van der Waals surface area contributed by atoms with Crippen LogP contribution in [0, 0.1) is 0 Å². The summed E-state index contributed by atoms with van der Waals surface area (Å²) in [5.74, 6) is -3.33. The Balaban J connectivity index is 0.000000804. The van der Waals surface area contributed by atoms with Gasteiger partial charge in [0, 0.05) is 36.1 Å². The Labute approximate surface area is 274 Å². The highest BCUT2D eigenvalue weighted by atomic mass is 32.2. The van der Waals surface area contributed by atoms with Crippen molar-refractivity contribution >= 4 is 27.6 Å². The fraction of sp³-hybridized carbons (Fsp3) is 0.281. The number of carboxylic acid groups (broad SMARTS) is 2. The Morgan fingerprint density at radius 2 is 1.65 bits per heavy atom. The molecule has 0 fully saturated rings. The molecule has 1 unspecified atom stereocenters. The number of rotatable bonds is 14. The molecule has 0 spiro atoms. The zero-order chi connectivity index (χ0) is 35.5.